The van der Waals surface area contributed by atoms with Crippen molar-refractivity contribution in [3.63, 3.8) is 0 Å². The molecule has 2 nitrogen and oxygen atoms in total. The normalized spacial score (nSPS) is 10.8. The van der Waals surface area contributed by atoms with Crippen LogP contribution in [0.2, 0.25) is 0 Å². The number of rotatable bonds is 4. The molecule has 0 atom stereocenters. The molecule has 0 unspecified atom stereocenters. The van der Waals surface area contributed by atoms with Crippen molar-refractivity contribution in [1.29, 1.82) is 0 Å². The summed E-state index contributed by atoms with van der Waals surface area (Å²) in [7, 11) is 0. The van der Waals surface area contributed by atoms with E-state index >= 15 is 0 Å². The Balaban J connectivity index is 1.70. The van der Waals surface area contributed by atoms with Crippen LogP contribution in [-0.2, 0) is 11.9 Å². The number of ether oxygens (including phenoxy) is 1. The second-order valence-electron chi connectivity index (χ2n) is 4.32. The van der Waals surface area contributed by atoms with Gasteiger partial charge < -0.3 is 9.15 Å². The summed E-state index contributed by atoms with van der Waals surface area (Å²) in [6.45, 7) is 0.447. The second kappa shape index (κ2) is 5.49. The van der Waals surface area contributed by atoms with E-state index in [9.17, 15) is 0 Å². The van der Waals surface area contributed by atoms with Crippen molar-refractivity contribution in [2.24, 2.45) is 0 Å². The summed E-state index contributed by atoms with van der Waals surface area (Å²) in [5, 5.41) is 1.97. The molecular formula is C16H13BrO2. The lowest BCUT2D eigenvalue weighted by Gasteiger charge is -2.04. The van der Waals surface area contributed by atoms with Crippen molar-refractivity contribution in [2.45, 2.75) is 11.9 Å². The molecule has 0 aliphatic heterocycles. The van der Waals surface area contributed by atoms with Gasteiger partial charge in [0, 0.05) is 10.7 Å². The van der Waals surface area contributed by atoms with Gasteiger partial charge in [-0.2, -0.15) is 0 Å². The number of para-hydroxylation sites is 1. The highest BCUT2D eigenvalue weighted by molar-refractivity contribution is 9.08. The van der Waals surface area contributed by atoms with Gasteiger partial charge in [-0.05, 0) is 29.8 Å². The average Bonchev–Trinajstić information content (AvgIpc) is 2.88. The first-order valence-corrected chi connectivity index (χ1v) is 7.22. The van der Waals surface area contributed by atoms with Gasteiger partial charge in [-0.1, -0.05) is 46.3 Å². The molecule has 0 spiro atoms. The highest BCUT2D eigenvalue weighted by atomic mass is 79.9. The molecule has 0 N–H and O–H groups in total. The number of benzene rings is 2. The third-order valence-electron chi connectivity index (χ3n) is 2.94. The molecule has 0 fully saturated rings. The molecule has 19 heavy (non-hydrogen) atoms. The lowest BCUT2D eigenvalue weighted by atomic mass is 10.2. The first-order chi connectivity index (χ1) is 9.35. The highest BCUT2D eigenvalue weighted by Gasteiger charge is 2.03. The maximum atomic E-state index is 5.71. The maximum absolute atomic E-state index is 5.71. The fourth-order valence-electron chi connectivity index (χ4n) is 1.94. The predicted octanol–water partition coefficient (Wildman–Crippen LogP) is 4.91. The fourth-order valence-corrected chi connectivity index (χ4v) is 2.31. The van der Waals surface area contributed by atoms with E-state index in [0.717, 1.165) is 27.8 Å². The summed E-state index contributed by atoms with van der Waals surface area (Å²) >= 11 is 3.42. The first-order valence-electron chi connectivity index (χ1n) is 6.10. The quantitative estimate of drug-likeness (QED) is 0.638. The third-order valence-corrected chi connectivity index (χ3v) is 3.58. The summed E-state index contributed by atoms with van der Waals surface area (Å²) in [5.74, 6) is 1.69. The molecule has 0 bridgehead atoms. The second-order valence-corrected chi connectivity index (χ2v) is 4.88. The van der Waals surface area contributed by atoms with Crippen molar-refractivity contribution >= 4 is 26.9 Å². The molecule has 1 aromatic heterocycles. The molecule has 0 radical (unpaired) electrons. The van der Waals surface area contributed by atoms with Gasteiger partial charge in [-0.3, -0.25) is 0 Å². The SMILES string of the molecule is BrCc1ccc(OCc2cc3ccccc3o2)cc1. The van der Waals surface area contributed by atoms with Gasteiger partial charge in [-0.25, -0.2) is 0 Å². The van der Waals surface area contributed by atoms with E-state index in [-0.39, 0.29) is 0 Å². The van der Waals surface area contributed by atoms with Crippen LogP contribution in [0, 0.1) is 0 Å². The Kier molecular flexibility index (Phi) is 3.56. The largest absolute Gasteiger partial charge is 0.486 e. The molecule has 0 aliphatic carbocycles. The lowest BCUT2D eigenvalue weighted by Crippen LogP contribution is -1.93. The molecular weight excluding hydrogens is 304 g/mol. The van der Waals surface area contributed by atoms with Gasteiger partial charge >= 0.3 is 0 Å². The number of hydrogen-bond donors (Lipinski definition) is 0. The van der Waals surface area contributed by atoms with Crippen molar-refractivity contribution in [2.75, 3.05) is 0 Å². The Morgan fingerprint density at radius 2 is 1.79 bits per heavy atom. The van der Waals surface area contributed by atoms with Crippen LogP contribution in [0.15, 0.2) is 59.0 Å². The minimum atomic E-state index is 0.447. The topological polar surface area (TPSA) is 22.4 Å². The zero-order valence-electron chi connectivity index (χ0n) is 10.3. The van der Waals surface area contributed by atoms with Crippen LogP contribution >= 0.6 is 15.9 Å². The van der Waals surface area contributed by atoms with Gasteiger partial charge in [0.05, 0.1) is 0 Å². The summed E-state index contributed by atoms with van der Waals surface area (Å²) < 4.78 is 11.4. The maximum Gasteiger partial charge on any atom is 0.146 e. The van der Waals surface area contributed by atoms with E-state index in [4.69, 9.17) is 9.15 Å². The molecule has 0 aliphatic rings. The van der Waals surface area contributed by atoms with Crippen LogP contribution in [0.25, 0.3) is 11.0 Å². The molecule has 1 heterocycles. The van der Waals surface area contributed by atoms with Gasteiger partial charge in [0.25, 0.3) is 0 Å². The fraction of sp³-hybridized carbons (Fsp3) is 0.125. The minimum Gasteiger partial charge on any atom is -0.486 e. The molecule has 2 aromatic carbocycles. The Labute approximate surface area is 120 Å². The highest BCUT2D eigenvalue weighted by Crippen LogP contribution is 2.21. The van der Waals surface area contributed by atoms with Crippen LogP contribution in [0.4, 0.5) is 0 Å². The summed E-state index contributed by atoms with van der Waals surface area (Å²) in [5.41, 5.74) is 2.13. The number of alkyl halides is 1. The van der Waals surface area contributed by atoms with Crippen LogP contribution < -0.4 is 4.74 Å². The van der Waals surface area contributed by atoms with Crippen LogP contribution in [0.1, 0.15) is 11.3 Å². The Morgan fingerprint density at radius 3 is 2.53 bits per heavy atom. The summed E-state index contributed by atoms with van der Waals surface area (Å²) in [6, 6.07) is 18.0. The van der Waals surface area contributed by atoms with Crippen molar-refractivity contribution in [1.82, 2.24) is 0 Å². The Morgan fingerprint density at radius 1 is 1.00 bits per heavy atom. The molecule has 3 rings (SSSR count). The first kappa shape index (κ1) is 12.3. The zero-order valence-corrected chi connectivity index (χ0v) is 11.9. The van der Waals surface area contributed by atoms with Crippen LogP contribution in [0.3, 0.4) is 0 Å². The van der Waals surface area contributed by atoms with E-state index in [1.54, 1.807) is 0 Å². The van der Waals surface area contributed by atoms with Gasteiger partial charge in [-0.15, -0.1) is 0 Å². The number of fused-ring (bicyclic) bond motifs is 1. The van der Waals surface area contributed by atoms with E-state index in [1.165, 1.54) is 5.56 Å². The molecule has 3 heteroatoms. The van der Waals surface area contributed by atoms with Crippen molar-refractivity contribution in [3.05, 3.63) is 65.9 Å². The number of furan rings is 1. The van der Waals surface area contributed by atoms with E-state index in [2.05, 4.69) is 15.9 Å². The average molecular weight is 317 g/mol. The van der Waals surface area contributed by atoms with E-state index in [1.807, 2.05) is 54.6 Å². The molecule has 0 saturated heterocycles. The van der Waals surface area contributed by atoms with E-state index < -0.39 is 0 Å². The molecule has 3 aromatic rings. The van der Waals surface area contributed by atoms with Gasteiger partial charge in [0.2, 0.25) is 0 Å². The molecule has 0 amide bonds. The zero-order chi connectivity index (χ0) is 13.1. The number of hydrogen-bond acceptors (Lipinski definition) is 2. The number of halogens is 1. The van der Waals surface area contributed by atoms with Gasteiger partial charge in [0.15, 0.2) is 0 Å². The van der Waals surface area contributed by atoms with Crippen molar-refractivity contribution in [3.8, 4) is 5.75 Å². The predicted molar refractivity (Wildman–Crippen MR) is 79.6 cm³/mol. The standard InChI is InChI=1S/C16H13BrO2/c17-10-12-5-7-14(8-6-12)18-11-15-9-13-3-1-2-4-16(13)19-15/h1-9H,10-11H2. The monoisotopic (exact) mass is 316 g/mol. The Bertz CT molecular complexity index is 638. The molecule has 0 saturated carbocycles. The molecule has 96 valence electrons. The smallest absolute Gasteiger partial charge is 0.146 e. The van der Waals surface area contributed by atoms with Crippen molar-refractivity contribution < 1.29 is 9.15 Å². The van der Waals surface area contributed by atoms with Gasteiger partial charge in [0.1, 0.15) is 23.7 Å². The Hall–Kier alpha value is -1.74. The summed E-state index contributed by atoms with van der Waals surface area (Å²) in [6.07, 6.45) is 0. The van der Waals surface area contributed by atoms with Crippen LogP contribution in [-0.4, -0.2) is 0 Å². The lowest BCUT2D eigenvalue weighted by molar-refractivity contribution is 0.274. The van der Waals surface area contributed by atoms with Crippen LogP contribution in [0.5, 0.6) is 5.75 Å². The summed E-state index contributed by atoms with van der Waals surface area (Å²) in [4.78, 5) is 0. The third kappa shape index (κ3) is 2.82. The minimum absolute atomic E-state index is 0.447. The van der Waals surface area contributed by atoms with E-state index in [0.29, 0.717) is 6.61 Å².